The van der Waals surface area contributed by atoms with Crippen LogP contribution in [0.4, 0.5) is 0 Å². The minimum Gasteiger partial charge on any atom is -0.349 e. The molecule has 0 saturated carbocycles. The van der Waals surface area contributed by atoms with E-state index in [1.54, 1.807) is 9.80 Å². The van der Waals surface area contributed by atoms with Crippen molar-refractivity contribution in [2.45, 2.75) is 38.8 Å². The lowest BCUT2D eigenvalue weighted by Crippen LogP contribution is -2.42. The number of nitrogens with zero attached hydrogens (tertiary/aromatic N) is 4. The van der Waals surface area contributed by atoms with Crippen LogP contribution in [0, 0.1) is 11.8 Å². The average molecular weight is 415 g/mol. The van der Waals surface area contributed by atoms with Crippen molar-refractivity contribution in [3.8, 4) is 0 Å². The van der Waals surface area contributed by atoms with Gasteiger partial charge in [0.1, 0.15) is 0 Å². The molecule has 1 aromatic carbocycles. The van der Waals surface area contributed by atoms with Gasteiger partial charge < -0.3 is 9.80 Å². The highest BCUT2D eigenvalue weighted by atomic mass is 16.2. The van der Waals surface area contributed by atoms with E-state index in [9.17, 15) is 9.59 Å². The maximum absolute atomic E-state index is 12.3. The second-order valence-corrected chi connectivity index (χ2v) is 9.43. The minimum absolute atomic E-state index is 0.130. The largest absolute Gasteiger partial charge is 0.349 e. The quantitative estimate of drug-likeness (QED) is 0.717. The third-order valence-corrected chi connectivity index (χ3v) is 6.43. The van der Waals surface area contributed by atoms with Gasteiger partial charge in [0.25, 0.3) is 0 Å². The number of benzene rings is 1. The van der Waals surface area contributed by atoms with E-state index in [0.717, 1.165) is 65.0 Å². The number of amides is 2. The normalized spacial score (nSPS) is 23.2. The third kappa shape index (κ3) is 6.05. The molecular formula is C24H38N4O2. The van der Waals surface area contributed by atoms with Gasteiger partial charge in [-0.1, -0.05) is 24.3 Å². The summed E-state index contributed by atoms with van der Waals surface area (Å²) in [4.78, 5) is 32.9. The molecule has 0 spiro atoms. The van der Waals surface area contributed by atoms with Crippen molar-refractivity contribution >= 4 is 11.8 Å². The fourth-order valence-corrected chi connectivity index (χ4v) is 4.80. The van der Waals surface area contributed by atoms with E-state index in [0.29, 0.717) is 0 Å². The van der Waals surface area contributed by atoms with Crippen LogP contribution in [0.2, 0.25) is 0 Å². The van der Waals surface area contributed by atoms with Crippen molar-refractivity contribution in [1.82, 2.24) is 19.6 Å². The van der Waals surface area contributed by atoms with E-state index >= 15 is 0 Å². The first-order valence-electron chi connectivity index (χ1n) is 11.3. The lowest BCUT2D eigenvalue weighted by Gasteiger charge is -2.33. The van der Waals surface area contributed by atoms with Crippen LogP contribution in [0.25, 0.3) is 0 Å². The first-order chi connectivity index (χ1) is 14.3. The van der Waals surface area contributed by atoms with Gasteiger partial charge >= 0.3 is 0 Å². The standard InChI is InChI=1S/C24H38N4O2/c1-25(2)23(29)21-7-5-13-27(17-21)15-19-9-11-20(12-10-19)16-28-14-6-8-22(18-28)24(30)26(3)4/h9-12,21-22H,5-8,13-18H2,1-4H3. The van der Waals surface area contributed by atoms with Crippen LogP contribution in [0.3, 0.4) is 0 Å². The van der Waals surface area contributed by atoms with Crippen molar-refractivity contribution in [3.05, 3.63) is 35.4 Å². The van der Waals surface area contributed by atoms with E-state index < -0.39 is 0 Å². The molecule has 2 atom stereocenters. The molecular weight excluding hydrogens is 376 g/mol. The summed E-state index contributed by atoms with van der Waals surface area (Å²) >= 11 is 0. The Morgan fingerprint density at radius 2 is 1.13 bits per heavy atom. The zero-order valence-electron chi connectivity index (χ0n) is 19.1. The van der Waals surface area contributed by atoms with Gasteiger partial charge in [0.2, 0.25) is 11.8 Å². The van der Waals surface area contributed by atoms with Crippen LogP contribution in [0.5, 0.6) is 0 Å². The SMILES string of the molecule is CN(C)C(=O)C1CCCN(Cc2ccc(CN3CCCC(C(=O)N(C)C)C3)cc2)C1. The highest BCUT2D eigenvalue weighted by Crippen LogP contribution is 2.22. The summed E-state index contributed by atoms with van der Waals surface area (Å²) in [5.41, 5.74) is 2.60. The summed E-state index contributed by atoms with van der Waals surface area (Å²) in [5, 5.41) is 0. The second kappa shape index (κ2) is 10.4. The Labute approximate surface area is 181 Å². The Morgan fingerprint density at radius 3 is 1.47 bits per heavy atom. The lowest BCUT2D eigenvalue weighted by molar-refractivity contribution is -0.135. The average Bonchev–Trinajstić information content (AvgIpc) is 2.74. The molecule has 2 aliphatic rings. The fraction of sp³-hybridized carbons (Fsp3) is 0.667. The summed E-state index contributed by atoms with van der Waals surface area (Å²) in [6, 6.07) is 8.89. The highest BCUT2D eigenvalue weighted by Gasteiger charge is 2.28. The smallest absolute Gasteiger partial charge is 0.226 e. The molecule has 1 aromatic rings. The van der Waals surface area contributed by atoms with Crippen molar-refractivity contribution in [2.75, 3.05) is 54.4 Å². The number of hydrogen-bond acceptors (Lipinski definition) is 4. The van der Waals surface area contributed by atoms with Crippen LogP contribution in [0.15, 0.2) is 24.3 Å². The van der Waals surface area contributed by atoms with E-state index in [4.69, 9.17) is 0 Å². The van der Waals surface area contributed by atoms with Gasteiger partial charge in [-0.3, -0.25) is 19.4 Å². The van der Waals surface area contributed by atoms with Crippen molar-refractivity contribution < 1.29 is 9.59 Å². The van der Waals surface area contributed by atoms with Crippen molar-refractivity contribution in [1.29, 1.82) is 0 Å². The molecule has 0 N–H and O–H groups in total. The summed E-state index contributed by atoms with van der Waals surface area (Å²) < 4.78 is 0. The van der Waals surface area contributed by atoms with E-state index in [-0.39, 0.29) is 23.7 Å². The molecule has 2 aliphatic heterocycles. The third-order valence-electron chi connectivity index (χ3n) is 6.43. The number of carbonyl (C=O) groups is 2. The monoisotopic (exact) mass is 414 g/mol. The van der Waals surface area contributed by atoms with Gasteiger partial charge in [0, 0.05) is 54.4 Å². The van der Waals surface area contributed by atoms with Crippen LogP contribution < -0.4 is 0 Å². The topological polar surface area (TPSA) is 47.1 Å². The molecule has 2 amide bonds. The molecule has 3 rings (SSSR count). The van der Waals surface area contributed by atoms with E-state index in [1.807, 2.05) is 28.2 Å². The first kappa shape index (κ1) is 22.8. The predicted octanol–water partition coefficient (Wildman–Crippen LogP) is 2.29. The molecule has 2 fully saturated rings. The first-order valence-corrected chi connectivity index (χ1v) is 11.3. The second-order valence-electron chi connectivity index (χ2n) is 9.43. The summed E-state index contributed by atoms with van der Waals surface area (Å²) in [5.74, 6) is 0.764. The van der Waals surface area contributed by atoms with Gasteiger partial charge in [0.05, 0.1) is 11.8 Å². The fourth-order valence-electron chi connectivity index (χ4n) is 4.80. The van der Waals surface area contributed by atoms with Gasteiger partial charge in [-0.25, -0.2) is 0 Å². The molecule has 6 heteroatoms. The minimum atomic E-state index is 0.130. The number of piperidine rings is 2. The molecule has 2 heterocycles. The van der Waals surface area contributed by atoms with E-state index in [2.05, 4.69) is 34.1 Å². The number of carbonyl (C=O) groups excluding carboxylic acids is 2. The Balaban J connectivity index is 1.51. The van der Waals surface area contributed by atoms with Crippen LogP contribution in [-0.2, 0) is 22.7 Å². The molecule has 0 radical (unpaired) electrons. The van der Waals surface area contributed by atoms with E-state index in [1.165, 1.54) is 11.1 Å². The Kier molecular flexibility index (Phi) is 7.89. The van der Waals surface area contributed by atoms with Gasteiger partial charge in [-0.15, -0.1) is 0 Å². The summed E-state index contributed by atoms with van der Waals surface area (Å²) in [6.07, 6.45) is 4.17. The maximum atomic E-state index is 12.3. The number of likely N-dealkylation sites (tertiary alicyclic amines) is 2. The Hall–Kier alpha value is -1.92. The van der Waals surface area contributed by atoms with Gasteiger partial charge in [-0.05, 0) is 49.9 Å². The Bertz CT molecular complexity index is 655. The zero-order valence-corrected chi connectivity index (χ0v) is 19.1. The molecule has 0 aromatic heterocycles. The highest BCUT2D eigenvalue weighted by molar-refractivity contribution is 5.79. The molecule has 166 valence electrons. The molecule has 0 aliphatic carbocycles. The Morgan fingerprint density at radius 1 is 0.767 bits per heavy atom. The predicted molar refractivity (Wildman–Crippen MR) is 120 cm³/mol. The zero-order chi connectivity index (χ0) is 21.7. The molecule has 6 nitrogen and oxygen atoms in total. The summed E-state index contributed by atoms with van der Waals surface area (Å²) in [7, 11) is 7.39. The lowest BCUT2D eigenvalue weighted by atomic mass is 9.96. The summed E-state index contributed by atoms with van der Waals surface area (Å²) in [6.45, 7) is 5.64. The van der Waals surface area contributed by atoms with Gasteiger partial charge in [0.15, 0.2) is 0 Å². The van der Waals surface area contributed by atoms with Gasteiger partial charge in [-0.2, -0.15) is 0 Å². The van der Waals surface area contributed by atoms with Crippen LogP contribution in [-0.4, -0.2) is 85.8 Å². The number of rotatable bonds is 6. The molecule has 30 heavy (non-hydrogen) atoms. The van der Waals surface area contributed by atoms with Crippen LogP contribution in [0.1, 0.15) is 36.8 Å². The molecule has 2 unspecified atom stereocenters. The van der Waals surface area contributed by atoms with Crippen molar-refractivity contribution in [3.63, 3.8) is 0 Å². The molecule has 0 bridgehead atoms. The van der Waals surface area contributed by atoms with Crippen LogP contribution >= 0.6 is 0 Å². The number of hydrogen-bond donors (Lipinski definition) is 0. The van der Waals surface area contributed by atoms with Crippen molar-refractivity contribution in [2.24, 2.45) is 11.8 Å². The molecule has 2 saturated heterocycles. The maximum Gasteiger partial charge on any atom is 0.226 e.